The molecule has 0 unspecified atom stereocenters. The van der Waals surface area contributed by atoms with Crippen LogP contribution in [0.1, 0.15) is 159 Å². The quantitative estimate of drug-likeness (QED) is 0.0411. The van der Waals surface area contributed by atoms with Crippen molar-refractivity contribution in [3.05, 3.63) is 47.7 Å². The molecule has 2 aromatic rings. The highest BCUT2D eigenvalue weighted by Crippen LogP contribution is 2.37. The average Bonchev–Trinajstić information content (AvgIpc) is 1.52. The first-order valence-corrected chi connectivity index (χ1v) is 29.5. The highest BCUT2D eigenvalue weighted by atomic mass is 16.6. The van der Waals surface area contributed by atoms with Gasteiger partial charge in [0.15, 0.2) is 11.6 Å². The van der Waals surface area contributed by atoms with Crippen molar-refractivity contribution in [2.24, 2.45) is 30.2 Å². The third kappa shape index (κ3) is 24.0. The summed E-state index contributed by atoms with van der Waals surface area (Å²) in [6.45, 7) is 18.7. The Kier molecular flexibility index (Phi) is 29.0. The first kappa shape index (κ1) is 77.4. The Hall–Kier alpha value is -8.72. The summed E-state index contributed by atoms with van der Waals surface area (Å²) in [5.74, 6) is -19.1. The minimum atomic E-state index is -1.79. The maximum absolute atomic E-state index is 15.1. The topological polar surface area (TPSA) is 429 Å². The summed E-state index contributed by atoms with van der Waals surface area (Å²) in [6.07, 6.45) is -5.98. The van der Waals surface area contributed by atoms with Gasteiger partial charge in [-0.1, -0.05) is 72.7 Å². The van der Waals surface area contributed by atoms with Crippen LogP contribution in [-0.2, 0) is 79.5 Å². The fourth-order valence-corrected chi connectivity index (χ4v) is 10.3. The molecular weight excluding hydrogens is 1180 g/mol. The van der Waals surface area contributed by atoms with Crippen LogP contribution in [0.5, 0.6) is 0 Å². The first-order valence-electron chi connectivity index (χ1n) is 29.5. The van der Waals surface area contributed by atoms with Crippen LogP contribution in [0.4, 0.5) is 4.79 Å². The minimum Gasteiger partial charge on any atom is -0.481 e. The van der Waals surface area contributed by atoms with E-state index >= 15 is 4.79 Å². The lowest BCUT2D eigenvalue weighted by atomic mass is 9.76. The summed E-state index contributed by atoms with van der Waals surface area (Å²) in [6, 6.07) is -1.14. The lowest BCUT2D eigenvalue weighted by Crippen LogP contribution is -2.63. The SMILES string of the molecule is C/C(=C\[C@H](C(C)C)N(C)C(=O)[C@@H](NC(=O)[C@@H](N(C)C(=O)OC(C)(C)C)C(C)(C)c1cn(C)c2ccccc12)C(C)(C)C)C(=O)N[C@H](CCC(=O)O)C(=O)C[C@H](CCC(=O)O)C(=O)N[C@H](CCC(=O)O)C(=O)C[C@H](CCC(=O)O)C(=O)N[C@H](CCC(=O)O)C(=O)O. The second kappa shape index (κ2) is 33.7. The number of Topliss-reactive ketones (excluding diaryl/α,β-unsaturated/α-hetero) is 2. The molecule has 6 amide bonds. The van der Waals surface area contributed by atoms with Gasteiger partial charge in [0.2, 0.25) is 29.5 Å². The number of aliphatic carboxylic acids is 6. The van der Waals surface area contributed by atoms with Crippen LogP contribution in [0.15, 0.2) is 42.1 Å². The van der Waals surface area contributed by atoms with Gasteiger partial charge in [-0.05, 0) is 82.8 Å². The smallest absolute Gasteiger partial charge is 0.410 e. The predicted molar refractivity (Wildman–Crippen MR) is 324 cm³/mol. The van der Waals surface area contributed by atoms with E-state index in [1.54, 1.807) is 55.4 Å². The van der Waals surface area contributed by atoms with Gasteiger partial charge in [-0.25, -0.2) is 9.59 Å². The Labute approximate surface area is 522 Å². The molecule has 2 rings (SSSR count). The summed E-state index contributed by atoms with van der Waals surface area (Å²) < 4.78 is 7.66. The molecule has 0 aliphatic heterocycles. The van der Waals surface area contributed by atoms with E-state index in [1.807, 2.05) is 55.9 Å². The van der Waals surface area contributed by atoms with E-state index in [2.05, 4.69) is 21.3 Å². The normalized spacial score (nSPS) is 14.7. The van der Waals surface area contributed by atoms with Crippen LogP contribution in [0.25, 0.3) is 10.9 Å². The van der Waals surface area contributed by atoms with Crippen LogP contribution < -0.4 is 21.3 Å². The van der Waals surface area contributed by atoms with E-state index < -0.39 is 230 Å². The van der Waals surface area contributed by atoms with Gasteiger partial charge in [-0.15, -0.1) is 0 Å². The van der Waals surface area contributed by atoms with Crippen molar-refractivity contribution in [1.29, 1.82) is 0 Å². The number of carboxylic acids is 6. The molecule has 90 heavy (non-hydrogen) atoms. The van der Waals surface area contributed by atoms with Crippen molar-refractivity contribution in [2.45, 2.75) is 200 Å². The number of carboxylic acid groups (broad SMARTS) is 6. The zero-order chi connectivity index (χ0) is 69.1. The second-order valence-electron chi connectivity index (χ2n) is 25.6. The third-order valence-corrected chi connectivity index (χ3v) is 15.3. The molecule has 0 aliphatic rings. The van der Waals surface area contributed by atoms with Crippen molar-refractivity contribution >= 4 is 93.9 Å². The number of likely N-dealkylation sites (N-methyl/N-ethyl adjacent to an activating group) is 2. The number of carbonyl (C=O) groups is 14. The highest BCUT2D eigenvalue weighted by Gasteiger charge is 2.47. The minimum absolute atomic E-state index is 0.0808. The van der Waals surface area contributed by atoms with Crippen LogP contribution in [0, 0.1) is 23.2 Å². The van der Waals surface area contributed by atoms with Gasteiger partial charge in [-0.2, -0.15) is 0 Å². The van der Waals surface area contributed by atoms with Gasteiger partial charge in [-0.3, -0.25) is 62.4 Å². The Morgan fingerprint density at radius 3 is 1.42 bits per heavy atom. The Morgan fingerprint density at radius 1 is 0.578 bits per heavy atom. The molecule has 1 aromatic carbocycles. The Morgan fingerprint density at radius 2 is 1.00 bits per heavy atom. The van der Waals surface area contributed by atoms with E-state index in [1.165, 1.54) is 36.9 Å². The Bertz CT molecular complexity index is 3020. The number of aromatic nitrogens is 1. The molecule has 0 radical (unpaired) electrons. The van der Waals surface area contributed by atoms with Crippen molar-refractivity contribution in [1.82, 2.24) is 35.6 Å². The van der Waals surface area contributed by atoms with Crippen LogP contribution in [0.2, 0.25) is 0 Å². The van der Waals surface area contributed by atoms with E-state index in [4.69, 9.17) is 9.84 Å². The number of carbonyl (C=O) groups excluding carboxylic acids is 8. The molecule has 28 nitrogen and oxygen atoms in total. The van der Waals surface area contributed by atoms with Crippen LogP contribution in [0.3, 0.4) is 0 Å². The average molecular weight is 1270 g/mol. The molecule has 0 spiro atoms. The number of nitrogens with one attached hydrogen (secondary N) is 4. The summed E-state index contributed by atoms with van der Waals surface area (Å²) in [5, 5.41) is 67.6. The number of fused-ring (bicyclic) bond motifs is 1. The molecule has 1 aromatic heterocycles. The molecule has 0 saturated carbocycles. The summed E-state index contributed by atoms with van der Waals surface area (Å²) in [4.78, 5) is 186. The fourth-order valence-electron chi connectivity index (χ4n) is 10.3. The molecule has 0 saturated heterocycles. The molecule has 28 heteroatoms. The van der Waals surface area contributed by atoms with Gasteiger partial charge in [0.05, 0.1) is 18.1 Å². The van der Waals surface area contributed by atoms with E-state index in [0.29, 0.717) is 0 Å². The summed E-state index contributed by atoms with van der Waals surface area (Å²) in [5.41, 5.74) is -1.55. The number of ether oxygens (including phenoxy) is 1. The molecular formula is C62H91N7O21. The van der Waals surface area contributed by atoms with Gasteiger partial charge < -0.3 is 66.1 Å². The lowest BCUT2D eigenvalue weighted by molar-refractivity contribution is -0.144. The van der Waals surface area contributed by atoms with Crippen molar-refractivity contribution in [2.75, 3.05) is 14.1 Å². The monoisotopic (exact) mass is 1270 g/mol. The molecule has 500 valence electrons. The number of rotatable bonds is 37. The van der Waals surface area contributed by atoms with Crippen LogP contribution >= 0.6 is 0 Å². The standard InChI is InChI=1S/C62H91N7O21/c1-33(2)43(68(13)57(86)51(60(4,5)6)66-56(85)52(69(14)59(89)90-61(7,8)9)62(10,11)38-32-67(12)42-18-16-15-17-37(38)42)29-34(3)53(82)63-39(21-26-48(76)77)44(70)30-35(19-24-46(72)73)54(83)64-40(22-27-49(78)79)45(71)31-36(20-25-47(74)75)55(84)65-41(58(87)88)23-28-50(80)81/h15-18,29,32-33,35-36,39-41,43,51-52H,19-28,30-31H2,1-14H3,(H,63,82)(H,64,83)(H,65,84)(H,66,85)(H,72,73)(H,74,75)(H,76,77)(H,78,79)(H,80,81)(H,87,88)/b34-29+/t35-,36-,39+,40+,41+,43+,51+,52+/m0/s1. The summed E-state index contributed by atoms with van der Waals surface area (Å²) >= 11 is 0. The lowest BCUT2D eigenvalue weighted by Gasteiger charge is -2.42. The maximum Gasteiger partial charge on any atom is 0.410 e. The highest BCUT2D eigenvalue weighted by molar-refractivity contribution is 6.00. The fraction of sp³-hybridized carbons (Fsp3) is 0.613. The molecule has 8 atom stereocenters. The molecule has 0 bridgehead atoms. The maximum atomic E-state index is 15.1. The van der Waals surface area contributed by atoms with E-state index in [0.717, 1.165) is 16.5 Å². The molecule has 1 heterocycles. The second-order valence-corrected chi connectivity index (χ2v) is 25.6. The van der Waals surface area contributed by atoms with Gasteiger partial charge in [0.25, 0.3) is 0 Å². The molecule has 0 fully saturated rings. The van der Waals surface area contributed by atoms with Gasteiger partial charge in [0, 0.05) is 106 Å². The number of aryl methyl sites for hydroxylation is 1. The molecule has 0 aliphatic carbocycles. The van der Waals surface area contributed by atoms with Crippen molar-refractivity contribution in [3.63, 3.8) is 0 Å². The van der Waals surface area contributed by atoms with E-state index in [-0.39, 0.29) is 5.57 Å². The number of ketones is 2. The largest absolute Gasteiger partial charge is 0.481 e. The predicted octanol–water partition coefficient (Wildman–Crippen LogP) is 4.67. The number of hydrogen-bond acceptors (Lipinski definition) is 15. The Balaban J connectivity index is 2.59. The summed E-state index contributed by atoms with van der Waals surface area (Å²) in [7, 11) is 4.76. The van der Waals surface area contributed by atoms with Crippen molar-refractivity contribution < 1.29 is 102 Å². The third-order valence-electron chi connectivity index (χ3n) is 15.3. The molecule has 10 N–H and O–H groups in total. The number of hydrogen-bond donors (Lipinski definition) is 10. The van der Waals surface area contributed by atoms with Crippen LogP contribution in [-0.4, -0.2) is 184 Å². The zero-order valence-corrected chi connectivity index (χ0v) is 53.8. The number of amides is 6. The zero-order valence-electron chi connectivity index (χ0n) is 53.8. The number of nitrogens with zero attached hydrogens (tertiary/aromatic N) is 3. The number of benzene rings is 1. The van der Waals surface area contributed by atoms with Gasteiger partial charge in [0.1, 0.15) is 23.7 Å². The first-order chi connectivity index (χ1) is 41.4. The van der Waals surface area contributed by atoms with E-state index in [9.17, 15) is 87.9 Å². The van der Waals surface area contributed by atoms with Crippen molar-refractivity contribution in [3.8, 4) is 0 Å². The number of para-hydroxylation sites is 1. The van der Waals surface area contributed by atoms with Gasteiger partial charge >= 0.3 is 41.9 Å².